The van der Waals surface area contributed by atoms with Gasteiger partial charge in [0.1, 0.15) is 11.6 Å². The lowest BCUT2D eigenvalue weighted by Gasteiger charge is -2.27. The monoisotopic (exact) mass is 240 g/mol. The second-order valence-electron chi connectivity index (χ2n) is 4.80. The molecule has 1 saturated carbocycles. The summed E-state index contributed by atoms with van der Waals surface area (Å²) in [5.74, 6) is -0.340. The first-order valence-corrected chi connectivity index (χ1v) is 5.97. The fraction of sp³-hybridized carbons (Fsp3) is 0.538. The molecule has 2 nitrogen and oxygen atoms in total. The van der Waals surface area contributed by atoms with Gasteiger partial charge < -0.3 is 5.73 Å². The number of nitrogens with two attached hydrogens (primary N) is 1. The molecule has 0 aliphatic heterocycles. The van der Waals surface area contributed by atoms with E-state index < -0.39 is 11.6 Å². The van der Waals surface area contributed by atoms with Crippen molar-refractivity contribution in [1.29, 1.82) is 0 Å². The van der Waals surface area contributed by atoms with Gasteiger partial charge in [-0.05, 0) is 31.9 Å². The highest BCUT2D eigenvalue weighted by Gasteiger charge is 2.27. The Morgan fingerprint density at radius 2 is 2.12 bits per heavy atom. The van der Waals surface area contributed by atoms with Gasteiger partial charge in [0.15, 0.2) is 0 Å². The van der Waals surface area contributed by atoms with E-state index in [1.54, 1.807) is 0 Å². The number of benzene rings is 1. The van der Waals surface area contributed by atoms with Gasteiger partial charge in [0.25, 0.3) is 0 Å². The molecule has 1 aromatic carbocycles. The highest BCUT2D eigenvalue weighted by Crippen LogP contribution is 2.32. The van der Waals surface area contributed by atoms with E-state index in [0.29, 0.717) is 12.1 Å². The maximum Gasteiger partial charge on any atom is 0.130 e. The molecule has 4 heteroatoms. The van der Waals surface area contributed by atoms with E-state index in [-0.39, 0.29) is 6.04 Å². The van der Waals surface area contributed by atoms with Crippen LogP contribution in [0, 0.1) is 17.6 Å². The van der Waals surface area contributed by atoms with Gasteiger partial charge in [0, 0.05) is 30.8 Å². The van der Waals surface area contributed by atoms with Crippen LogP contribution in [-0.2, 0) is 0 Å². The Balaban J connectivity index is 2.14. The Bertz CT molecular complexity index is 391. The molecular weight excluding hydrogens is 222 g/mol. The lowest BCUT2D eigenvalue weighted by molar-refractivity contribution is 0.235. The van der Waals surface area contributed by atoms with Crippen LogP contribution in [0.2, 0.25) is 0 Å². The Kier molecular flexibility index (Phi) is 3.74. The molecule has 2 N–H and O–H groups in total. The van der Waals surface area contributed by atoms with Crippen LogP contribution in [0.4, 0.5) is 8.78 Å². The van der Waals surface area contributed by atoms with Gasteiger partial charge >= 0.3 is 0 Å². The molecule has 94 valence electrons. The average molecular weight is 240 g/mol. The molecule has 0 aromatic heterocycles. The van der Waals surface area contributed by atoms with Gasteiger partial charge in [-0.15, -0.1) is 0 Å². The van der Waals surface area contributed by atoms with Crippen molar-refractivity contribution < 1.29 is 8.78 Å². The zero-order valence-electron chi connectivity index (χ0n) is 10.00. The summed E-state index contributed by atoms with van der Waals surface area (Å²) in [4.78, 5) is 2.06. The predicted octanol–water partition coefficient (Wildman–Crippen LogP) is 2.31. The molecule has 2 rings (SSSR count). The molecule has 1 aliphatic rings. The summed E-state index contributed by atoms with van der Waals surface area (Å²) < 4.78 is 26.5. The van der Waals surface area contributed by atoms with Gasteiger partial charge in [-0.2, -0.15) is 0 Å². The van der Waals surface area contributed by atoms with Crippen molar-refractivity contribution in [2.75, 3.05) is 20.1 Å². The maximum absolute atomic E-state index is 13.7. The fourth-order valence-corrected chi connectivity index (χ4v) is 2.15. The predicted molar refractivity (Wildman–Crippen MR) is 63.5 cm³/mol. The van der Waals surface area contributed by atoms with Gasteiger partial charge in [-0.3, -0.25) is 4.90 Å². The van der Waals surface area contributed by atoms with Crippen molar-refractivity contribution in [2.24, 2.45) is 11.7 Å². The normalized spacial score (nSPS) is 17.5. The summed E-state index contributed by atoms with van der Waals surface area (Å²) in [7, 11) is 1.94. The molecule has 17 heavy (non-hydrogen) atoms. The van der Waals surface area contributed by atoms with Crippen molar-refractivity contribution in [1.82, 2.24) is 4.90 Å². The average Bonchev–Trinajstić information content (AvgIpc) is 3.06. The quantitative estimate of drug-likeness (QED) is 0.855. The van der Waals surface area contributed by atoms with Crippen LogP contribution in [0.15, 0.2) is 18.2 Å². The van der Waals surface area contributed by atoms with E-state index in [4.69, 9.17) is 5.73 Å². The Labute approximate surface area is 100 Å². The SMILES string of the molecule is CN(CC1CC1)C(CN)c1ccc(F)cc1F. The minimum atomic E-state index is -0.549. The summed E-state index contributed by atoms with van der Waals surface area (Å²) in [6, 6.07) is 3.52. The number of nitrogens with zero attached hydrogens (tertiary/aromatic N) is 1. The van der Waals surface area contributed by atoms with E-state index in [0.717, 1.165) is 18.5 Å². The van der Waals surface area contributed by atoms with E-state index in [2.05, 4.69) is 4.90 Å². The lowest BCUT2D eigenvalue weighted by Crippen LogP contribution is -2.32. The molecule has 0 saturated heterocycles. The minimum Gasteiger partial charge on any atom is -0.329 e. The number of rotatable bonds is 5. The van der Waals surface area contributed by atoms with Gasteiger partial charge in [-0.25, -0.2) is 8.78 Å². The largest absolute Gasteiger partial charge is 0.329 e. The highest BCUT2D eigenvalue weighted by atomic mass is 19.1. The molecule has 1 aromatic rings. The van der Waals surface area contributed by atoms with E-state index >= 15 is 0 Å². The van der Waals surface area contributed by atoms with Crippen LogP contribution >= 0.6 is 0 Å². The standard InChI is InChI=1S/C13H18F2N2/c1-17(8-9-2-3-9)13(7-16)11-5-4-10(14)6-12(11)15/h4-6,9,13H,2-3,7-8,16H2,1H3. The first kappa shape index (κ1) is 12.5. The van der Waals surface area contributed by atoms with Crippen molar-refractivity contribution in [3.05, 3.63) is 35.4 Å². The first-order valence-electron chi connectivity index (χ1n) is 5.97. The topological polar surface area (TPSA) is 29.3 Å². The highest BCUT2D eigenvalue weighted by molar-refractivity contribution is 5.22. The second kappa shape index (κ2) is 5.10. The minimum absolute atomic E-state index is 0.170. The number of hydrogen-bond acceptors (Lipinski definition) is 2. The summed E-state index contributed by atoms with van der Waals surface area (Å²) in [5.41, 5.74) is 6.19. The Morgan fingerprint density at radius 1 is 1.41 bits per heavy atom. The number of hydrogen-bond donors (Lipinski definition) is 1. The Hall–Kier alpha value is -1.00. The van der Waals surface area contributed by atoms with Gasteiger partial charge in [0.05, 0.1) is 0 Å². The third kappa shape index (κ3) is 3.01. The fourth-order valence-electron chi connectivity index (χ4n) is 2.15. The van der Waals surface area contributed by atoms with Gasteiger partial charge in [-0.1, -0.05) is 6.07 Å². The van der Waals surface area contributed by atoms with Crippen LogP contribution in [0.25, 0.3) is 0 Å². The summed E-state index contributed by atoms with van der Waals surface area (Å²) >= 11 is 0. The third-order valence-electron chi connectivity index (χ3n) is 3.32. The Morgan fingerprint density at radius 3 is 2.65 bits per heavy atom. The summed E-state index contributed by atoms with van der Waals surface area (Å²) in [5, 5.41) is 0. The van der Waals surface area contributed by atoms with Crippen LogP contribution in [0.3, 0.4) is 0 Å². The molecule has 0 radical (unpaired) electrons. The van der Waals surface area contributed by atoms with Crippen LogP contribution in [0.1, 0.15) is 24.4 Å². The van der Waals surface area contributed by atoms with Crippen molar-refractivity contribution in [3.63, 3.8) is 0 Å². The zero-order chi connectivity index (χ0) is 12.4. The first-order chi connectivity index (χ1) is 8.11. The number of likely N-dealkylation sites (N-methyl/N-ethyl adjacent to an activating group) is 1. The van der Waals surface area contributed by atoms with Crippen molar-refractivity contribution >= 4 is 0 Å². The van der Waals surface area contributed by atoms with Crippen molar-refractivity contribution in [3.8, 4) is 0 Å². The van der Waals surface area contributed by atoms with E-state index in [1.165, 1.54) is 25.0 Å². The molecule has 1 aliphatic carbocycles. The molecular formula is C13H18F2N2. The molecule has 0 heterocycles. The molecule has 1 fully saturated rings. The summed E-state index contributed by atoms with van der Waals surface area (Å²) in [6.07, 6.45) is 2.49. The number of halogens is 2. The van der Waals surface area contributed by atoms with Crippen LogP contribution in [0.5, 0.6) is 0 Å². The smallest absolute Gasteiger partial charge is 0.130 e. The van der Waals surface area contributed by atoms with Crippen LogP contribution in [-0.4, -0.2) is 25.0 Å². The van der Waals surface area contributed by atoms with E-state index in [1.807, 2.05) is 7.05 Å². The van der Waals surface area contributed by atoms with Crippen molar-refractivity contribution in [2.45, 2.75) is 18.9 Å². The third-order valence-corrected chi connectivity index (χ3v) is 3.32. The summed E-state index contributed by atoms with van der Waals surface area (Å²) in [6.45, 7) is 1.27. The zero-order valence-corrected chi connectivity index (χ0v) is 10.00. The van der Waals surface area contributed by atoms with E-state index in [9.17, 15) is 8.78 Å². The maximum atomic E-state index is 13.7. The molecule has 0 bridgehead atoms. The van der Waals surface area contributed by atoms with Crippen LogP contribution < -0.4 is 5.73 Å². The molecule has 1 atom stereocenters. The van der Waals surface area contributed by atoms with Gasteiger partial charge in [0.2, 0.25) is 0 Å². The molecule has 0 amide bonds. The molecule has 1 unspecified atom stereocenters. The lowest BCUT2D eigenvalue weighted by atomic mass is 10.0. The molecule has 0 spiro atoms. The second-order valence-corrected chi connectivity index (χ2v) is 4.80.